The molecule has 9 nitrogen and oxygen atoms in total. The summed E-state index contributed by atoms with van der Waals surface area (Å²) in [7, 11) is -3.75. The number of carbonyl (C=O) groups is 1. The summed E-state index contributed by atoms with van der Waals surface area (Å²) in [6.07, 6.45) is 0.684. The van der Waals surface area contributed by atoms with Crippen LogP contribution in [0.15, 0.2) is 58.9 Å². The Kier molecular flexibility index (Phi) is 8.26. The molecule has 13 heteroatoms. The number of aliphatic hydroxyl groups excluding tert-OH is 1. The zero-order chi connectivity index (χ0) is 25.9. The normalized spacial score (nSPS) is 17.1. The molecule has 1 aliphatic heterocycles. The van der Waals surface area contributed by atoms with E-state index in [1.165, 1.54) is 29.7 Å². The van der Waals surface area contributed by atoms with E-state index in [1.54, 1.807) is 47.5 Å². The van der Waals surface area contributed by atoms with Crippen LogP contribution in [0.25, 0.3) is 0 Å². The number of halogens is 2. The Hall–Kier alpha value is -2.57. The molecule has 4 rings (SSSR count). The molecule has 1 aromatic heterocycles. The Labute approximate surface area is 223 Å². The van der Waals surface area contributed by atoms with Gasteiger partial charge < -0.3 is 19.6 Å². The Bertz CT molecular complexity index is 1310. The molecule has 192 valence electrons. The average molecular weight is 572 g/mol. The van der Waals surface area contributed by atoms with Gasteiger partial charge in [-0.1, -0.05) is 29.3 Å². The van der Waals surface area contributed by atoms with Gasteiger partial charge >= 0.3 is 0 Å². The zero-order valence-corrected chi connectivity index (χ0v) is 22.3. The highest BCUT2D eigenvalue weighted by Gasteiger charge is 2.33. The van der Waals surface area contributed by atoms with Crippen LogP contribution in [0, 0.1) is 0 Å². The van der Waals surface area contributed by atoms with Crippen molar-refractivity contribution in [2.75, 3.05) is 35.9 Å². The maximum absolute atomic E-state index is 13.1. The Morgan fingerprint density at radius 1 is 1.25 bits per heavy atom. The third-order valence-corrected chi connectivity index (χ3v) is 8.68. The van der Waals surface area contributed by atoms with Crippen molar-refractivity contribution >= 4 is 61.3 Å². The van der Waals surface area contributed by atoms with Gasteiger partial charge in [0, 0.05) is 36.9 Å². The van der Waals surface area contributed by atoms with E-state index in [0.717, 1.165) is 5.69 Å². The molecule has 1 aliphatic rings. The largest absolute Gasteiger partial charge is 0.479 e. The van der Waals surface area contributed by atoms with Crippen LogP contribution in [0.4, 0.5) is 10.8 Å². The lowest BCUT2D eigenvalue weighted by molar-refractivity contribution is -0.141. The molecule has 0 spiro atoms. The molecule has 0 saturated carbocycles. The standard InChI is InChI=1S/C23H24Cl2N4O5S2/c1-15(34-20-4-2-3-19(24)21(20)25)22(31)29-11-10-28(13-17(29)14-30)16-5-7-18(8-6-16)36(32,33)27-23-26-9-12-35-23/h2-9,12,15,17,30H,10-11,13-14H2,1H3,(H,26,27)/t15?,17-/m0/s1. The summed E-state index contributed by atoms with van der Waals surface area (Å²) >= 11 is 13.4. The number of hydrogen-bond donors (Lipinski definition) is 2. The second-order valence-electron chi connectivity index (χ2n) is 8.06. The second kappa shape index (κ2) is 11.2. The third kappa shape index (κ3) is 5.87. The van der Waals surface area contributed by atoms with Gasteiger partial charge in [0.1, 0.15) is 10.8 Å². The molecule has 1 amide bonds. The summed E-state index contributed by atoms with van der Waals surface area (Å²) in [6.45, 7) is 2.61. The molecule has 2 atom stereocenters. The van der Waals surface area contributed by atoms with Gasteiger partial charge in [0.05, 0.1) is 22.6 Å². The number of thiazole rings is 1. The molecule has 0 bridgehead atoms. The molecule has 1 unspecified atom stereocenters. The van der Waals surface area contributed by atoms with Crippen LogP contribution in [-0.2, 0) is 14.8 Å². The monoisotopic (exact) mass is 570 g/mol. The van der Waals surface area contributed by atoms with E-state index in [4.69, 9.17) is 27.9 Å². The molecule has 36 heavy (non-hydrogen) atoms. The van der Waals surface area contributed by atoms with Crippen molar-refractivity contribution in [1.82, 2.24) is 9.88 Å². The van der Waals surface area contributed by atoms with Crippen LogP contribution in [0.1, 0.15) is 6.92 Å². The highest BCUT2D eigenvalue weighted by molar-refractivity contribution is 7.93. The fraction of sp³-hybridized carbons (Fsp3) is 0.304. The van der Waals surface area contributed by atoms with Gasteiger partial charge in [0.25, 0.3) is 15.9 Å². The summed E-state index contributed by atoms with van der Waals surface area (Å²) in [5, 5.41) is 12.5. The van der Waals surface area contributed by atoms with Gasteiger partial charge in [0.15, 0.2) is 11.2 Å². The summed E-state index contributed by atoms with van der Waals surface area (Å²) in [6, 6.07) is 10.9. The van der Waals surface area contributed by atoms with Gasteiger partial charge in [0.2, 0.25) is 0 Å². The van der Waals surface area contributed by atoms with E-state index >= 15 is 0 Å². The van der Waals surface area contributed by atoms with Crippen LogP contribution in [-0.4, -0.2) is 67.7 Å². The summed E-state index contributed by atoms with van der Waals surface area (Å²) in [5.74, 6) is 0.0306. The number of aliphatic hydroxyl groups is 1. The van der Waals surface area contributed by atoms with Gasteiger partial charge in [-0.2, -0.15) is 0 Å². The Morgan fingerprint density at radius 2 is 2.00 bits per heavy atom. The topological polar surface area (TPSA) is 112 Å². The van der Waals surface area contributed by atoms with E-state index in [-0.39, 0.29) is 22.4 Å². The highest BCUT2D eigenvalue weighted by Crippen LogP contribution is 2.32. The van der Waals surface area contributed by atoms with Gasteiger partial charge in [-0.3, -0.25) is 9.52 Å². The highest BCUT2D eigenvalue weighted by atomic mass is 35.5. The van der Waals surface area contributed by atoms with Gasteiger partial charge in [-0.25, -0.2) is 13.4 Å². The molecule has 2 heterocycles. The number of hydrogen-bond acceptors (Lipinski definition) is 8. The minimum atomic E-state index is -3.75. The number of nitrogens with one attached hydrogen (secondary N) is 1. The SMILES string of the molecule is CC(Oc1cccc(Cl)c1Cl)C(=O)N1CCN(c2ccc(S(=O)(=O)Nc3nccs3)cc2)C[C@H]1CO. The average Bonchev–Trinajstić information content (AvgIpc) is 3.38. The number of piperazine rings is 1. The fourth-order valence-electron chi connectivity index (χ4n) is 3.87. The number of benzene rings is 2. The zero-order valence-electron chi connectivity index (χ0n) is 19.2. The number of nitrogens with zero attached hydrogens (tertiary/aromatic N) is 3. The molecular formula is C23H24Cl2N4O5S2. The first kappa shape index (κ1) is 26.5. The molecule has 2 aromatic carbocycles. The maximum atomic E-state index is 13.1. The van der Waals surface area contributed by atoms with E-state index in [0.29, 0.717) is 35.5 Å². The first-order valence-electron chi connectivity index (χ1n) is 11.0. The number of sulfonamides is 1. The number of ether oxygens (including phenoxy) is 1. The van der Waals surface area contributed by atoms with Crippen LogP contribution >= 0.6 is 34.5 Å². The fourth-order valence-corrected chi connectivity index (χ4v) is 5.99. The minimum Gasteiger partial charge on any atom is -0.479 e. The van der Waals surface area contributed by atoms with Crippen LogP contribution in [0.3, 0.4) is 0 Å². The van der Waals surface area contributed by atoms with Crippen molar-refractivity contribution < 1.29 is 23.1 Å². The predicted octanol–water partition coefficient (Wildman–Crippen LogP) is 3.73. The van der Waals surface area contributed by atoms with Crippen molar-refractivity contribution in [2.24, 2.45) is 0 Å². The first-order valence-corrected chi connectivity index (χ1v) is 14.1. The predicted molar refractivity (Wildman–Crippen MR) is 141 cm³/mol. The van der Waals surface area contributed by atoms with Crippen LogP contribution < -0.4 is 14.4 Å². The van der Waals surface area contributed by atoms with Gasteiger partial charge in [-0.05, 0) is 43.3 Å². The lowest BCUT2D eigenvalue weighted by Gasteiger charge is -2.42. The molecule has 1 saturated heterocycles. The number of carbonyl (C=O) groups excluding carboxylic acids is 1. The lowest BCUT2D eigenvalue weighted by atomic mass is 10.1. The summed E-state index contributed by atoms with van der Waals surface area (Å²) < 4.78 is 33.4. The van der Waals surface area contributed by atoms with Crippen molar-refractivity contribution in [3.05, 3.63) is 64.1 Å². The smallest absolute Gasteiger partial charge is 0.263 e. The molecule has 2 N–H and O–H groups in total. The lowest BCUT2D eigenvalue weighted by Crippen LogP contribution is -2.59. The van der Waals surface area contributed by atoms with Crippen LogP contribution in [0.5, 0.6) is 5.75 Å². The number of aromatic nitrogens is 1. The number of rotatable bonds is 8. The van der Waals surface area contributed by atoms with Crippen molar-refractivity contribution in [3.63, 3.8) is 0 Å². The van der Waals surface area contributed by atoms with E-state index < -0.39 is 22.2 Å². The molecular weight excluding hydrogens is 547 g/mol. The van der Waals surface area contributed by atoms with Crippen molar-refractivity contribution in [2.45, 2.75) is 24.0 Å². The van der Waals surface area contributed by atoms with Crippen LogP contribution in [0.2, 0.25) is 10.0 Å². The third-order valence-electron chi connectivity index (χ3n) is 5.71. The van der Waals surface area contributed by atoms with E-state index in [1.807, 2.05) is 4.90 Å². The minimum absolute atomic E-state index is 0.111. The first-order chi connectivity index (χ1) is 17.2. The van der Waals surface area contributed by atoms with Crippen molar-refractivity contribution in [1.29, 1.82) is 0 Å². The molecule has 0 radical (unpaired) electrons. The maximum Gasteiger partial charge on any atom is 0.263 e. The molecule has 1 fully saturated rings. The molecule has 3 aromatic rings. The summed E-state index contributed by atoms with van der Waals surface area (Å²) in [4.78, 5) is 20.8. The van der Waals surface area contributed by atoms with Crippen molar-refractivity contribution in [3.8, 4) is 5.75 Å². The number of amides is 1. The second-order valence-corrected chi connectivity index (χ2v) is 11.4. The van der Waals surface area contributed by atoms with E-state index in [9.17, 15) is 18.3 Å². The quantitative estimate of drug-likeness (QED) is 0.424. The number of anilines is 2. The van der Waals surface area contributed by atoms with Gasteiger partial charge in [-0.15, -0.1) is 11.3 Å². The Morgan fingerprint density at radius 3 is 2.67 bits per heavy atom. The summed E-state index contributed by atoms with van der Waals surface area (Å²) in [5.41, 5.74) is 0.781. The van der Waals surface area contributed by atoms with E-state index in [2.05, 4.69) is 9.71 Å². The molecule has 0 aliphatic carbocycles. The Balaban J connectivity index is 1.41.